The molecule has 0 amide bonds. The molecule has 4 rings (SSSR count). The van der Waals surface area contributed by atoms with Gasteiger partial charge in [-0.1, -0.05) is 0 Å². The van der Waals surface area contributed by atoms with Crippen molar-refractivity contribution in [2.75, 3.05) is 44.3 Å². The van der Waals surface area contributed by atoms with E-state index in [1.807, 2.05) is 13.0 Å². The first-order chi connectivity index (χ1) is 12.7. The number of hydrogen-bond donors (Lipinski definition) is 0. The van der Waals surface area contributed by atoms with Crippen molar-refractivity contribution >= 4 is 5.82 Å². The van der Waals surface area contributed by atoms with Gasteiger partial charge in [0.2, 0.25) is 0 Å². The molecule has 4 heterocycles. The zero-order valence-corrected chi connectivity index (χ0v) is 15.6. The molecule has 2 aliphatic heterocycles. The third-order valence-corrected chi connectivity index (χ3v) is 5.36. The molecular weight excluding hydrogens is 330 g/mol. The minimum atomic E-state index is 0.378. The van der Waals surface area contributed by atoms with Crippen LogP contribution in [0.25, 0.3) is 0 Å². The third-order valence-electron chi connectivity index (χ3n) is 5.36. The van der Waals surface area contributed by atoms with Crippen molar-refractivity contribution in [1.82, 2.24) is 29.9 Å². The number of piperidine rings is 1. The number of hydrogen-bond acceptors (Lipinski definition) is 7. The largest absolute Gasteiger partial charge is 0.379 e. The molecule has 0 saturated carbocycles. The summed E-state index contributed by atoms with van der Waals surface area (Å²) in [4.78, 5) is 4.70. The number of aromatic nitrogens is 5. The zero-order valence-electron chi connectivity index (χ0n) is 15.6. The van der Waals surface area contributed by atoms with Crippen molar-refractivity contribution in [1.29, 1.82) is 0 Å². The molecule has 2 aliphatic rings. The van der Waals surface area contributed by atoms with Crippen LogP contribution in [0, 0.1) is 6.92 Å². The van der Waals surface area contributed by atoms with Crippen molar-refractivity contribution in [3.63, 3.8) is 0 Å². The van der Waals surface area contributed by atoms with E-state index < -0.39 is 0 Å². The molecule has 0 spiro atoms. The van der Waals surface area contributed by atoms with E-state index in [-0.39, 0.29) is 0 Å². The Morgan fingerprint density at radius 2 is 1.92 bits per heavy atom. The Morgan fingerprint density at radius 1 is 1.08 bits per heavy atom. The predicted octanol–water partition coefficient (Wildman–Crippen LogP) is 1.13. The monoisotopic (exact) mass is 357 g/mol. The van der Waals surface area contributed by atoms with E-state index in [2.05, 4.69) is 47.9 Å². The van der Waals surface area contributed by atoms with Gasteiger partial charge in [0.25, 0.3) is 0 Å². The maximum absolute atomic E-state index is 5.43. The van der Waals surface area contributed by atoms with Crippen LogP contribution in [-0.2, 0) is 18.3 Å². The highest BCUT2D eigenvalue weighted by Crippen LogP contribution is 2.28. The Balaban J connectivity index is 1.45. The molecule has 0 aliphatic carbocycles. The first-order valence-corrected chi connectivity index (χ1v) is 9.44. The summed E-state index contributed by atoms with van der Waals surface area (Å²) in [7, 11) is 2.09. The number of anilines is 1. The molecule has 0 bridgehead atoms. The number of ether oxygens (including phenoxy) is 1. The molecule has 0 N–H and O–H groups in total. The van der Waals surface area contributed by atoms with Gasteiger partial charge in [0.05, 0.1) is 25.5 Å². The lowest BCUT2D eigenvalue weighted by Gasteiger charge is -2.32. The summed E-state index contributed by atoms with van der Waals surface area (Å²) in [6.45, 7) is 8.28. The van der Waals surface area contributed by atoms with Crippen LogP contribution in [-0.4, -0.2) is 69.3 Å². The lowest BCUT2D eigenvalue weighted by Crippen LogP contribution is -2.37. The molecule has 2 saturated heterocycles. The van der Waals surface area contributed by atoms with Crippen molar-refractivity contribution in [2.45, 2.75) is 32.2 Å². The van der Waals surface area contributed by atoms with E-state index in [1.54, 1.807) is 0 Å². The van der Waals surface area contributed by atoms with Gasteiger partial charge in [-0.05, 0) is 31.9 Å². The second kappa shape index (κ2) is 7.67. The Kier molecular flexibility index (Phi) is 5.12. The summed E-state index contributed by atoms with van der Waals surface area (Å²) >= 11 is 0. The lowest BCUT2D eigenvalue weighted by atomic mass is 9.97. The van der Waals surface area contributed by atoms with Crippen LogP contribution in [0.5, 0.6) is 0 Å². The summed E-state index contributed by atoms with van der Waals surface area (Å²) in [5.41, 5.74) is 0.948. The second-order valence-electron chi connectivity index (χ2n) is 7.24. The van der Waals surface area contributed by atoms with Crippen LogP contribution < -0.4 is 4.90 Å². The Bertz CT molecular complexity index is 724. The van der Waals surface area contributed by atoms with Crippen LogP contribution in [0.4, 0.5) is 5.82 Å². The Morgan fingerprint density at radius 3 is 2.69 bits per heavy atom. The summed E-state index contributed by atoms with van der Waals surface area (Å²) in [6, 6.07) is 4.08. The molecular formula is C18H27N7O. The molecule has 2 fully saturated rings. The number of morpholine rings is 1. The Labute approximate surface area is 154 Å². The minimum Gasteiger partial charge on any atom is -0.379 e. The number of nitrogens with zero attached hydrogens (tertiary/aromatic N) is 7. The fraction of sp³-hybridized carbons (Fsp3) is 0.667. The zero-order chi connectivity index (χ0) is 17.9. The molecule has 2 aromatic heterocycles. The molecule has 1 atom stereocenters. The van der Waals surface area contributed by atoms with Gasteiger partial charge >= 0.3 is 0 Å². The van der Waals surface area contributed by atoms with Crippen molar-refractivity contribution in [2.24, 2.45) is 7.05 Å². The standard InChI is InChI=1S/C18H27N7O/c1-14-5-6-16(20-19-14)25-7-3-4-15(12-25)18-22-21-17(23(18)2)13-24-8-10-26-11-9-24/h5-6,15H,3-4,7-13H2,1-2H3/t15-/m0/s1. The van der Waals surface area contributed by atoms with Gasteiger partial charge in [0.15, 0.2) is 5.82 Å². The van der Waals surface area contributed by atoms with Gasteiger partial charge in [-0.3, -0.25) is 4.90 Å². The highest BCUT2D eigenvalue weighted by atomic mass is 16.5. The predicted molar refractivity (Wildman–Crippen MR) is 98.1 cm³/mol. The van der Waals surface area contributed by atoms with Gasteiger partial charge in [-0.2, -0.15) is 5.10 Å². The quantitative estimate of drug-likeness (QED) is 0.812. The summed E-state index contributed by atoms with van der Waals surface area (Å²) in [6.07, 6.45) is 2.27. The van der Waals surface area contributed by atoms with E-state index in [0.717, 1.165) is 81.9 Å². The molecule has 140 valence electrons. The van der Waals surface area contributed by atoms with Crippen LogP contribution in [0.2, 0.25) is 0 Å². The first-order valence-electron chi connectivity index (χ1n) is 9.44. The van der Waals surface area contributed by atoms with E-state index in [9.17, 15) is 0 Å². The SMILES string of the molecule is Cc1ccc(N2CCC[C@H](c3nnc(CN4CCOCC4)n3C)C2)nn1. The van der Waals surface area contributed by atoms with Crippen LogP contribution in [0.15, 0.2) is 12.1 Å². The van der Waals surface area contributed by atoms with E-state index >= 15 is 0 Å². The average Bonchev–Trinajstić information content (AvgIpc) is 3.04. The van der Waals surface area contributed by atoms with Crippen molar-refractivity contribution in [3.05, 3.63) is 29.5 Å². The maximum Gasteiger partial charge on any atom is 0.151 e. The molecule has 26 heavy (non-hydrogen) atoms. The minimum absolute atomic E-state index is 0.378. The molecule has 0 radical (unpaired) electrons. The molecule has 8 heteroatoms. The Hall–Kier alpha value is -2.06. The van der Waals surface area contributed by atoms with E-state index in [0.29, 0.717) is 5.92 Å². The number of aryl methyl sites for hydroxylation is 1. The average molecular weight is 357 g/mol. The fourth-order valence-corrected chi connectivity index (χ4v) is 3.78. The van der Waals surface area contributed by atoms with E-state index in [1.165, 1.54) is 0 Å². The van der Waals surface area contributed by atoms with Gasteiger partial charge in [-0.25, -0.2) is 0 Å². The third kappa shape index (κ3) is 3.71. The van der Waals surface area contributed by atoms with Gasteiger partial charge in [0.1, 0.15) is 11.6 Å². The first kappa shape index (κ1) is 17.4. The molecule has 0 unspecified atom stereocenters. The summed E-state index contributed by atoms with van der Waals surface area (Å²) in [5, 5.41) is 17.6. The van der Waals surface area contributed by atoms with Crippen LogP contribution in [0.3, 0.4) is 0 Å². The topological polar surface area (TPSA) is 72.2 Å². The van der Waals surface area contributed by atoms with Gasteiger partial charge in [0, 0.05) is 39.1 Å². The lowest BCUT2D eigenvalue weighted by molar-refractivity contribution is 0.0326. The highest BCUT2D eigenvalue weighted by molar-refractivity contribution is 5.38. The highest BCUT2D eigenvalue weighted by Gasteiger charge is 2.27. The van der Waals surface area contributed by atoms with Gasteiger partial charge < -0.3 is 14.2 Å². The molecule has 8 nitrogen and oxygen atoms in total. The van der Waals surface area contributed by atoms with Crippen molar-refractivity contribution < 1.29 is 4.74 Å². The summed E-state index contributed by atoms with van der Waals surface area (Å²) in [5.74, 6) is 3.45. The fourth-order valence-electron chi connectivity index (χ4n) is 3.78. The van der Waals surface area contributed by atoms with Crippen molar-refractivity contribution in [3.8, 4) is 0 Å². The second-order valence-corrected chi connectivity index (χ2v) is 7.24. The molecule has 0 aromatic carbocycles. The number of rotatable bonds is 4. The normalized spacial score (nSPS) is 21.9. The van der Waals surface area contributed by atoms with Gasteiger partial charge in [-0.15, -0.1) is 15.3 Å². The maximum atomic E-state index is 5.43. The summed E-state index contributed by atoms with van der Waals surface area (Å²) < 4.78 is 7.61. The smallest absolute Gasteiger partial charge is 0.151 e. The van der Waals surface area contributed by atoms with Crippen LogP contribution >= 0.6 is 0 Å². The molecule has 2 aromatic rings. The van der Waals surface area contributed by atoms with Crippen LogP contribution in [0.1, 0.15) is 36.1 Å². The van der Waals surface area contributed by atoms with E-state index in [4.69, 9.17) is 4.74 Å².